The van der Waals surface area contributed by atoms with Gasteiger partial charge in [-0.25, -0.2) is 0 Å². The highest BCUT2D eigenvalue weighted by atomic mass is 35.5. The Morgan fingerprint density at radius 2 is 2.00 bits per heavy atom. The highest BCUT2D eigenvalue weighted by Crippen LogP contribution is 2.27. The first-order valence-corrected chi connectivity index (χ1v) is 7.28. The van der Waals surface area contributed by atoms with Crippen LogP contribution in [0.2, 0.25) is 5.02 Å². The van der Waals surface area contributed by atoms with Crippen LogP contribution in [0.3, 0.4) is 0 Å². The lowest BCUT2D eigenvalue weighted by Crippen LogP contribution is -2.16. The summed E-state index contributed by atoms with van der Waals surface area (Å²) in [7, 11) is 3.71. The minimum absolute atomic E-state index is 0.0600. The maximum Gasteiger partial charge on any atom is 0.119 e. The second-order valence-electron chi connectivity index (χ2n) is 5.20. The van der Waals surface area contributed by atoms with Crippen LogP contribution in [-0.4, -0.2) is 14.2 Å². The van der Waals surface area contributed by atoms with Gasteiger partial charge in [0.1, 0.15) is 5.75 Å². The van der Waals surface area contributed by atoms with Crippen molar-refractivity contribution >= 4 is 17.3 Å². The smallest absolute Gasteiger partial charge is 0.119 e. The highest BCUT2D eigenvalue weighted by molar-refractivity contribution is 6.31. The highest BCUT2D eigenvalue weighted by Gasteiger charge is 2.09. The molecule has 0 fully saturated rings. The predicted molar refractivity (Wildman–Crippen MR) is 89.2 cm³/mol. The largest absolute Gasteiger partial charge is 0.497 e. The van der Waals surface area contributed by atoms with E-state index in [0.29, 0.717) is 5.02 Å². The summed E-state index contributed by atoms with van der Waals surface area (Å²) in [4.78, 5) is 2.14. The Labute approximate surface area is 131 Å². The molecule has 0 aliphatic heterocycles. The molecule has 4 heteroatoms. The third-order valence-electron chi connectivity index (χ3n) is 3.47. The van der Waals surface area contributed by atoms with E-state index in [2.05, 4.69) is 11.0 Å². The quantitative estimate of drug-likeness (QED) is 0.907. The van der Waals surface area contributed by atoms with E-state index in [-0.39, 0.29) is 6.04 Å². The predicted octanol–water partition coefficient (Wildman–Crippen LogP) is 4.00. The Morgan fingerprint density at radius 1 is 1.24 bits per heavy atom. The molecular formula is C17H21ClN2O. The van der Waals surface area contributed by atoms with Crippen molar-refractivity contribution in [1.29, 1.82) is 0 Å². The van der Waals surface area contributed by atoms with Crippen LogP contribution in [0.5, 0.6) is 5.75 Å². The van der Waals surface area contributed by atoms with Crippen LogP contribution in [-0.2, 0) is 6.54 Å². The van der Waals surface area contributed by atoms with Crippen molar-refractivity contribution in [3.63, 3.8) is 0 Å². The Balaban J connectivity index is 2.16. The van der Waals surface area contributed by atoms with Crippen molar-refractivity contribution in [3.8, 4) is 5.75 Å². The average Bonchev–Trinajstić information content (AvgIpc) is 2.46. The molecule has 3 nitrogen and oxygen atoms in total. The fraction of sp³-hybridized carbons (Fsp3) is 0.294. The maximum atomic E-state index is 6.29. The zero-order valence-electron chi connectivity index (χ0n) is 12.6. The molecule has 0 aliphatic rings. The van der Waals surface area contributed by atoms with Gasteiger partial charge in [-0.05, 0) is 42.3 Å². The molecule has 21 heavy (non-hydrogen) atoms. The van der Waals surface area contributed by atoms with Gasteiger partial charge < -0.3 is 15.4 Å². The minimum Gasteiger partial charge on any atom is -0.497 e. The van der Waals surface area contributed by atoms with Crippen molar-refractivity contribution in [2.75, 3.05) is 19.1 Å². The molecule has 0 bridgehead atoms. The van der Waals surface area contributed by atoms with Gasteiger partial charge in [0.05, 0.1) is 7.11 Å². The Kier molecular flexibility index (Phi) is 5.10. The second-order valence-corrected chi connectivity index (χ2v) is 5.61. The van der Waals surface area contributed by atoms with Crippen LogP contribution in [0.1, 0.15) is 24.1 Å². The first-order valence-electron chi connectivity index (χ1n) is 6.90. The summed E-state index contributed by atoms with van der Waals surface area (Å²) < 4.78 is 5.25. The number of hydrogen-bond acceptors (Lipinski definition) is 3. The molecule has 0 aliphatic carbocycles. The monoisotopic (exact) mass is 304 g/mol. The minimum atomic E-state index is -0.0600. The number of nitrogens with two attached hydrogens (primary N) is 1. The van der Waals surface area contributed by atoms with Crippen molar-refractivity contribution in [1.82, 2.24) is 0 Å². The molecule has 0 aromatic heterocycles. The Morgan fingerprint density at radius 3 is 2.62 bits per heavy atom. The zero-order valence-corrected chi connectivity index (χ0v) is 13.4. The number of anilines is 1. The average molecular weight is 305 g/mol. The van der Waals surface area contributed by atoms with Crippen molar-refractivity contribution in [3.05, 3.63) is 58.6 Å². The maximum absolute atomic E-state index is 6.29. The lowest BCUT2D eigenvalue weighted by molar-refractivity contribution is 0.414. The summed E-state index contributed by atoms with van der Waals surface area (Å²) in [6, 6.07) is 14.0. The molecule has 0 saturated heterocycles. The van der Waals surface area contributed by atoms with Crippen LogP contribution < -0.4 is 15.4 Å². The van der Waals surface area contributed by atoms with Gasteiger partial charge in [-0.3, -0.25) is 0 Å². The van der Waals surface area contributed by atoms with Crippen molar-refractivity contribution < 1.29 is 4.74 Å². The summed E-state index contributed by atoms with van der Waals surface area (Å²) in [5.74, 6) is 0.867. The van der Waals surface area contributed by atoms with Crippen LogP contribution >= 0.6 is 11.6 Å². The van der Waals surface area contributed by atoms with Crippen molar-refractivity contribution in [2.45, 2.75) is 19.5 Å². The van der Waals surface area contributed by atoms with Crippen molar-refractivity contribution in [2.24, 2.45) is 5.73 Å². The second kappa shape index (κ2) is 6.83. The van der Waals surface area contributed by atoms with E-state index in [1.807, 2.05) is 50.4 Å². The molecule has 0 heterocycles. The zero-order chi connectivity index (χ0) is 15.4. The molecule has 1 atom stereocenters. The fourth-order valence-corrected chi connectivity index (χ4v) is 2.61. The fourth-order valence-electron chi connectivity index (χ4n) is 2.26. The van der Waals surface area contributed by atoms with E-state index in [1.165, 1.54) is 5.56 Å². The van der Waals surface area contributed by atoms with Crippen LogP contribution in [0.25, 0.3) is 0 Å². The lowest BCUT2D eigenvalue weighted by atomic mass is 10.1. The SMILES string of the molecule is COc1cccc(CN(C)c2ccc(C(C)N)c(Cl)c2)c1. The summed E-state index contributed by atoms with van der Waals surface area (Å²) in [5.41, 5.74) is 9.10. The van der Waals surface area contributed by atoms with E-state index < -0.39 is 0 Å². The van der Waals surface area contributed by atoms with E-state index in [4.69, 9.17) is 22.1 Å². The number of hydrogen-bond donors (Lipinski definition) is 1. The normalized spacial score (nSPS) is 12.0. The number of halogens is 1. The van der Waals surface area contributed by atoms with E-state index in [0.717, 1.165) is 23.5 Å². The molecule has 0 saturated carbocycles. The summed E-state index contributed by atoms with van der Waals surface area (Å²) >= 11 is 6.29. The molecule has 2 aromatic rings. The Bertz CT molecular complexity index is 613. The number of methoxy groups -OCH3 is 1. The molecule has 2 rings (SSSR count). The Hall–Kier alpha value is -1.71. The summed E-state index contributed by atoms with van der Waals surface area (Å²) in [5, 5.41) is 0.708. The van der Waals surface area contributed by atoms with Crippen LogP contribution in [0.15, 0.2) is 42.5 Å². The van der Waals surface area contributed by atoms with Gasteiger partial charge in [0.25, 0.3) is 0 Å². The third kappa shape index (κ3) is 3.90. The summed E-state index contributed by atoms with van der Waals surface area (Å²) in [6.45, 7) is 2.71. The molecule has 2 N–H and O–H groups in total. The van der Waals surface area contributed by atoms with Gasteiger partial charge in [-0.1, -0.05) is 29.8 Å². The van der Waals surface area contributed by atoms with Gasteiger partial charge >= 0.3 is 0 Å². The van der Waals surface area contributed by atoms with E-state index in [1.54, 1.807) is 7.11 Å². The first kappa shape index (κ1) is 15.7. The molecule has 2 aromatic carbocycles. The van der Waals surface area contributed by atoms with Gasteiger partial charge in [0.15, 0.2) is 0 Å². The lowest BCUT2D eigenvalue weighted by Gasteiger charge is -2.21. The first-order chi connectivity index (χ1) is 10.0. The number of benzene rings is 2. The molecule has 1 unspecified atom stereocenters. The summed E-state index contributed by atoms with van der Waals surface area (Å²) in [6.07, 6.45) is 0. The molecule has 0 spiro atoms. The van der Waals surface area contributed by atoms with E-state index >= 15 is 0 Å². The van der Waals surface area contributed by atoms with Crippen LogP contribution in [0, 0.1) is 0 Å². The van der Waals surface area contributed by atoms with Crippen LogP contribution in [0.4, 0.5) is 5.69 Å². The molecule has 0 radical (unpaired) electrons. The number of ether oxygens (including phenoxy) is 1. The van der Waals surface area contributed by atoms with Gasteiger partial charge in [0, 0.05) is 30.3 Å². The molecule has 112 valence electrons. The molecular weight excluding hydrogens is 284 g/mol. The number of rotatable bonds is 5. The molecule has 0 amide bonds. The van der Waals surface area contributed by atoms with E-state index in [9.17, 15) is 0 Å². The topological polar surface area (TPSA) is 38.5 Å². The van der Waals surface area contributed by atoms with Gasteiger partial charge in [0.2, 0.25) is 0 Å². The third-order valence-corrected chi connectivity index (χ3v) is 3.80. The van der Waals surface area contributed by atoms with Gasteiger partial charge in [-0.2, -0.15) is 0 Å². The van der Waals surface area contributed by atoms with Gasteiger partial charge in [-0.15, -0.1) is 0 Å². The standard InChI is InChI=1S/C17H21ClN2O/c1-12(19)16-8-7-14(10-17(16)18)20(2)11-13-5-4-6-15(9-13)21-3/h4-10,12H,11,19H2,1-3H3. The number of nitrogens with zero attached hydrogens (tertiary/aromatic N) is 1.